The Balaban J connectivity index is 1.64. The summed E-state index contributed by atoms with van der Waals surface area (Å²) in [7, 11) is 0. The summed E-state index contributed by atoms with van der Waals surface area (Å²) in [5, 5.41) is 3.62. The smallest absolute Gasteiger partial charge is 0.126 e. The number of benzene rings is 4. The SMILES string of the molecule is Cc1nc(-c2ccc(-c3cccc4ccccc34)cc2)c2ccccc2n1. The largest absolute Gasteiger partial charge is 0.233 e. The van der Waals surface area contributed by atoms with Crippen molar-refractivity contribution in [1.82, 2.24) is 9.97 Å². The lowest BCUT2D eigenvalue weighted by molar-refractivity contribution is 1.10. The average molecular weight is 346 g/mol. The third-order valence-electron chi connectivity index (χ3n) is 4.97. The number of hydrogen-bond acceptors (Lipinski definition) is 2. The summed E-state index contributed by atoms with van der Waals surface area (Å²) < 4.78 is 0. The topological polar surface area (TPSA) is 25.8 Å². The monoisotopic (exact) mass is 346 g/mol. The molecule has 0 N–H and O–H groups in total. The summed E-state index contributed by atoms with van der Waals surface area (Å²) in [6, 6.07) is 31.8. The highest BCUT2D eigenvalue weighted by molar-refractivity contribution is 5.97. The summed E-state index contributed by atoms with van der Waals surface area (Å²) in [5.41, 5.74) is 5.55. The molecule has 0 radical (unpaired) electrons. The van der Waals surface area contributed by atoms with Gasteiger partial charge in [-0.25, -0.2) is 9.97 Å². The van der Waals surface area contributed by atoms with E-state index < -0.39 is 0 Å². The van der Waals surface area contributed by atoms with Crippen molar-refractivity contribution in [3.63, 3.8) is 0 Å². The van der Waals surface area contributed by atoms with Gasteiger partial charge in [0, 0.05) is 10.9 Å². The Hall–Kier alpha value is -3.52. The summed E-state index contributed by atoms with van der Waals surface area (Å²) >= 11 is 0. The van der Waals surface area contributed by atoms with Gasteiger partial charge in [-0.1, -0.05) is 84.9 Å². The molecule has 0 spiro atoms. The fourth-order valence-corrected chi connectivity index (χ4v) is 3.70. The molecule has 1 aromatic heterocycles. The lowest BCUT2D eigenvalue weighted by Gasteiger charge is -2.10. The maximum Gasteiger partial charge on any atom is 0.126 e. The normalized spacial score (nSPS) is 11.1. The van der Waals surface area contributed by atoms with Crippen molar-refractivity contribution in [2.45, 2.75) is 6.92 Å². The molecule has 0 aliphatic rings. The third-order valence-corrected chi connectivity index (χ3v) is 4.97. The standard InChI is InChI=1S/C25H18N2/c1-17-26-24-12-5-4-10-23(24)25(27-17)20-15-13-19(14-16-20)22-11-6-8-18-7-2-3-9-21(18)22/h2-16H,1H3. The molecule has 5 aromatic rings. The maximum absolute atomic E-state index is 4.71. The molecule has 0 saturated carbocycles. The van der Waals surface area contributed by atoms with Crippen LogP contribution in [0.2, 0.25) is 0 Å². The maximum atomic E-state index is 4.71. The van der Waals surface area contributed by atoms with Crippen molar-refractivity contribution in [3.8, 4) is 22.4 Å². The van der Waals surface area contributed by atoms with Crippen LogP contribution in [0.5, 0.6) is 0 Å². The number of aromatic nitrogens is 2. The van der Waals surface area contributed by atoms with Crippen LogP contribution in [0, 0.1) is 6.92 Å². The molecule has 2 heteroatoms. The molecule has 0 aliphatic heterocycles. The van der Waals surface area contributed by atoms with E-state index in [2.05, 4.69) is 77.8 Å². The molecule has 0 amide bonds. The average Bonchev–Trinajstić information content (AvgIpc) is 2.73. The van der Waals surface area contributed by atoms with Gasteiger partial charge in [0.25, 0.3) is 0 Å². The highest BCUT2D eigenvalue weighted by Crippen LogP contribution is 2.31. The Bertz CT molecular complexity index is 1270. The van der Waals surface area contributed by atoms with Gasteiger partial charge in [0.1, 0.15) is 5.82 Å². The molecule has 0 atom stereocenters. The van der Waals surface area contributed by atoms with Gasteiger partial charge in [0.2, 0.25) is 0 Å². The lowest BCUT2D eigenvalue weighted by atomic mass is 9.96. The summed E-state index contributed by atoms with van der Waals surface area (Å²) in [4.78, 5) is 9.26. The quantitative estimate of drug-likeness (QED) is 0.368. The van der Waals surface area contributed by atoms with Gasteiger partial charge in [0.05, 0.1) is 11.2 Å². The first-order valence-electron chi connectivity index (χ1n) is 9.11. The first-order valence-corrected chi connectivity index (χ1v) is 9.11. The minimum atomic E-state index is 0.793. The zero-order chi connectivity index (χ0) is 18.2. The van der Waals surface area contributed by atoms with Crippen LogP contribution in [0.3, 0.4) is 0 Å². The molecule has 2 nitrogen and oxygen atoms in total. The first kappa shape index (κ1) is 15.7. The van der Waals surface area contributed by atoms with Crippen LogP contribution in [0.4, 0.5) is 0 Å². The first-order chi connectivity index (χ1) is 13.3. The molecular formula is C25H18N2. The molecule has 0 aliphatic carbocycles. The highest BCUT2D eigenvalue weighted by atomic mass is 14.9. The van der Waals surface area contributed by atoms with Gasteiger partial charge in [-0.3, -0.25) is 0 Å². The second kappa shape index (κ2) is 6.33. The number of para-hydroxylation sites is 1. The molecule has 0 fully saturated rings. The number of aryl methyl sites for hydroxylation is 1. The van der Waals surface area contributed by atoms with Gasteiger partial charge >= 0.3 is 0 Å². The van der Waals surface area contributed by atoms with Crippen LogP contribution < -0.4 is 0 Å². The molecule has 1 heterocycles. The predicted molar refractivity (Wildman–Crippen MR) is 113 cm³/mol. The Morgan fingerprint density at radius 3 is 2.07 bits per heavy atom. The molecule has 128 valence electrons. The van der Waals surface area contributed by atoms with Gasteiger partial charge in [0.15, 0.2) is 0 Å². The minimum Gasteiger partial charge on any atom is -0.233 e. The Morgan fingerprint density at radius 2 is 1.22 bits per heavy atom. The minimum absolute atomic E-state index is 0.793. The highest BCUT2D eigenvalue weighted by Gasteiger charge is 2.09. The lowest BCUT2D eigenvalue weighted by Crippen LogP contribution is -1.93. The Morgan fingerprint density at radius 1 is 0.556 bits per heavy atom. The van der Waals surface area contributed by atoms with Crippen LogP contribution in [-0.2, 0) is 0 Å². The predicted octanol–water partition coefficient (Wildman–Crippen LogP) is 6.43. The van der Waals surface area contributed by atoms with Crippen LogP contribution in [0.15, 0.2) is 91.0 Å². The van der Waals surface area contributed by atoms with Crippen LogP contribution in [-0.4, -0.2) is 9.97 Å². The van der Waals surface area contributed by atoms with Gasteiger partial charge < -0.3 is 0 Å². The van der Waals surface area contributed by atoms with E-state index in [-0.39, 0.29) is 0 Å². The summed E-state index contributed by atoms with van der Waals surface area (Å²) in [6.07, 6.45) is 0. The second-order valence-corrected chi connectivity index (χ2v) is 6.74. The van der Waals surface area contributed by atoms with Gasteiger partial charge in [-0.05, 0) is 34.9 Å². The fourth-order valence-electron chi connectivity index (χ4n) is 3.70. The van der Waals surface area contributed by atoms with Crippen molar-refractivity contribution in [2.75, 3.05) is 0 Å². The Labute approximate surface area is 158 Å². The molecule has 0 saturated heterocycles. The zero-order valence-corrected chi connectivity index (χ0v) is 15.1. The number of nitrogens with zero attached hydrogens (tertiary/aromatic N) is 2. The number of fused-ring (bicyclic) bond motifs is 2. The molecule has 4 aromatic carbocycles. The van der Waals surface area contributed by atoms with Crippen molar-refractivity contribution < 1.29 is 0 Å². The van der Waals surface area contributed by atoms with Crippen molar-refractivity contribution >= 4 is 21.7 Å². The van der Waals surface area contributed by atoms with Crippen molar-refractivity contribution in [2.24, 2.45) is 0 Å². The van der Waals surface area contributed by atoms with E-state index in [4.69, 9.17) is 4.98 Å². The Kier molecular flexibility index (Phi) is 3.68. The fraction of sp³-hybridized carbons (Fsp3) is 0.0400. The van der Waals surface area contributed by atoms with Crippen molar-refractivity contribution in [3.05, 3.63) is 96.8 Å². The number of rotatable bonds is 2. The van der Waals surface area contributed by atoms with E-state index in [1.165, 1.54) is 21.9 Å². The van der Waals surface area contributed by atoms with E-state index in [0.717, 1.165) is 28.0 Å². The molecule has 5 rings (SSSR count). The van der Waals surface area contributed by atoms with Crippen molar-refractivity contribution in [1.29, 1.82) is 0 Å². The zero-order valence-electron chi connectivity index (χ0n) is 15.1. The van der Waals surface area contributed by atoms with Crippen LogP contribution in [0.25, 0.3) is 44.1 Å². The van der Waals surface area contributed by atoms with Crippen LogP contribution in [0.1, 0.15) is 5.82 Å². The third kappa shape index (κ3) is 2.76. The molecule has 0 unspecified atom stereocenters. The molecule has 27 heavy (non-hydrogen) atoms. The van der Waals surface area contributed by atoms with E-state index in [0.29, 0.717) is 0 Å². The van der Waals surface area contributed by atoms with Crippen LogP contribution >= 0.6 is 0 Å². The van der Waals surface area contributed by atoms with E-state index in [9.17, 15) is 0 Å². The van der Waals surface area contributed by atoms with E-state index >= 15 is 0 Å². The van der Waals surface area contributed by atoms with Gasteiger partial charge in [-0.15, -0.1) is 0 Å². The van der Waals surface area contributed by atoms with E-state index in [1.54, 1.807) is 0 Å². The summed E-state index contributed by atoms with van der Waals surface area (Å²) in [5.74, 6) is 0.793. The molecule has 0 bridgehead atoms. The number of hydrogen-bond donors (Lipinski definition) is 0. The van der Waals surface area contributed by atoms with E-state index in [1.807, 2.05) is 25.1 Å². The summed E-state index contributed by atoms with van der Waals surface area (Å²) in [6.45, 7) is 1.94. The molecular weight excluding hydrogens is 328 g/mol. The van der Waals surface area contributed by atoms with Gasteiger partial charge in [-0.2, -0.15) is 0 Å². The second-order valence-electron chi connectivity index (χ2n) is 6.74.